The van der Waals surface area contributed by atoms with E-state index in [1.54, 1.807) is 6.92 Å². The van der Waals surface area contributed by atoms with Gasteiger partial charge in [-0.1, -0.05) is 48.5 Å². The van der Waals surface area contributed by atoms with Gasteiger partial charge >= 0.3 is 5.97 Å². The van der Waals surface area contributed by atoms with Crippen LogP contribution in [-0.4, -0.2) is 24.8 Å². The Bertz CT molecular complexity index is 906. The Labute approximate surface area is 214 Å². The molecular weight excluding hydrogens is 432 g/mol. The SMILES string of the molecule is CC(=O)O[C@@H]1CC[C@]2(C)[C@H](CC[C@]3(C)[C@@H]2CC[C@@H]2[C@@H]4[C@H]5OC[C@@]4(CCC5(C)C)CC[C@@]23C)C1(C)C. The van der Waals surface area contributed by atoms with Gasteiger partial charge in [-0.05, 0) is 115 Å². The normalized spacial score (nSPS) is 55.7. The van der Waals surface area contributed by atoms with Gasteiger partial charge in [0, 0.05) is 12.3 Å². The minimum atomic E-state index is -0.108. The third-order valence-electron chi connectivity index (χ3n) is 14.4. The summed E-state index contributed by atoms with van der Waals surface area (Å²) in [4.78, 5) is 11.9. The summed E-state index contributed by atoms with van der Waals surface area (Å²) >= 11 is 0. The second kappa shape index (κ2) is 7.29. The number of hydrogen-bond donors (Lipinski definition) is 0. The zero-order chi connectivity index (χ0) is 25.2. The largest absolute Gasteiger partial charge is 0.462 e. The van der Waals surface area contributed by atoms with Crippen LogP contribution in [0.5, 0.6) is 0 Å². The average molecular weight is 485 g/mol. The molecule has 5 saturated carbocycles. The van der Waals surface area contributed by atoms with Gasteiger partial charge in [0.25, 0.3) is 0 Å². The fourth-order valence-corrected chi connectivity index (χ4v) is 12.4. The number of carbonyl (C=O) groups is 1. The fourth-order valence-electron chi connectivity index (χ4n) is 12.4. The fraction of sp³-hybridized carbons (Fsp3) is 0.969. The number of fused-ring (bicyclic) bond motifs is 5. The van der Waals surface area contributed by atoms with Crippen molar-refractivity contribution in [3.63, 3.8) is 0 Å². The zero-order valence-electron chi connectivity index (χ0n) is 24.0. The third kappa shape index (κ3) is 2.97. The Morgan fingerprint density at radius 3 is 2.20 bits per heavy atom. The second-order valence-corrected chi connectivity index (χ2v) is 16.2. The lowest BCUT2D eigenvalue weighted by atomic mass is 9.31. The van der Waals surface area contributed by atoms with Crippen LogP contribution in [-0.2, 0) is 14.3 Å². The molecule has 3 heteroatoms. The molecule has 2 bridgehead atoms. The van der Waals surface area contributed by atoms with Crippen LogP contribution in [0.4, 0.5) is 0 Å². The molecule has 0 N–H and O–H groups in total. The summed E-state index contributed by atoms with van der Waals surface area (Å²) < 4.78 is 12.7. The van der Waals surface area contributed by atoms with Gasteiger partial charge in [0.05, 0.1) is 12.7 Å². The average Bonchev–Trinajstić information content (AvgIpc) is 3.10. The van der Waals surface area contributed by atoms with Crippen LogP contribution in [0.25, 0.3) is 0 Å². The van der Waals surface area contributed by atoms with E-state index in [1.807, 2.05) is 0 Å². The molecule has 0 aromatic heterocycles. The summed E-state index contributed by atoms with van der Waals surface area (Å²) in [5.74, 6) is 2.88. The highest BCUT2D eigenvalue weighted by molar-refractivity contribution is 5.66. The zero-order valence-corrected chi connectivity index (χ0v) is 24.0. The molecule has 10 atom stereocenters. The molecule has 35 heavy (non-hydrogen) atoms. The molecule has 3 nitrogen and oxygen atoms in total. The highest BCUT2D eigenvalue weighted by Gasteiger charge is 2.72. The van der Waals surface area contributed by atoms with Crippen molar-refractivity contribution in [1.29, 1.82) is 0 Å². The van der Waals surface area contributed by atoms with Crippen molar-refractivity contribution >= 4 is 5.97 Å². The molecular formula is C32H52O3. The van der Waals surface area contributed by atoms with Crippen LogP contribution in [0.15, 0.2) is 0 Å². The smallest absolute Gasteiger partial charge is 0.302 e. The molecule has 0 unspecified atom stereocenters. The summed E-state index contributed by atoms with van der Waals surface area (Å²) in [5.41, 5.74) is 2.00. The third-order valence-corrected chi connectivity index (χ3v) is 14.4. The van der Waals surface area contributed by atoms with Crippen molar-refractivity contribution in [2.24, 2.45) is 56.2 Å². The van der Waals surface area contributed by atoms with E-state index in [0.29, 0.717) is 39.1 Å². The van der Waals surface area contributed by atoms with Gasteiger partial charge in [-0.25, -0.2) is 0 Å². The predicted octanol–water partition coefficient (Wildman–Crippen LogP) is 7.81. The lowest BCUT2D eigenvalue weighted by molar-refractivity contribution is -0.254. The van der Waals surface area contributed by atoms with Crippen LogP contribution in [0.2, 0.25) is 0 Å². The molecule has 6 fully saturated rings. The molecule has 5 aliphatic carbocycles. The first-order chi connectivity index (χ1) is 16.2. The summed E-state index contributed by atoms with van der Waals surface area (Å²) in [7, 11) is 0. The Hall–Kier alpha value is -0.570. The number of ether oxygens (including phenoxy) is 2. The molecule has 1 aliphatic heterocycles. The van der Waals surface area contributed by atoms with Crippen LogP contribution in [0, 0.1) is 56.2 Å². The molecule has 6 rings (SSSR count). The summed E-state index contributed by atoms with van der Waals surface area (Å²) in [6.07, 6.45) is 13.7. The van der Waals surface area contributed by atoms with Crippen molar-refractivity contribution in [3.8, 4) is 0 Å². The van der Waals surface area contributed by atoms with Crippen molar-refractivity contribution < 1.29 is 14.3 Å². The van der Waals surface area contributed by atoms with E-state index < -0.39 is 0 Å². The number of esters is 1. The van der Waals surface area contributed by atoms with Crippen molar-refractivity contribution in [2.75, 3.05) is 6.61 Å². The molecule has 0 spiro atoms. The monoisotopic (exact) mass is 484 g/mol. The van der Waals surface area contributed by atoms with E-state index in [-0.39, 0.29) is 17.5 Å². The molecule has 0 aromatic rings. The predicted molar refractivity (Wildman–Crippen MR) is 140 cm³/mol. The highest BCUT2D eigenvalue weighted by atomic mass is 16.5. The van der Waals surface area contributed by atoms with Crippen LogP contribution >= 0.6 is 0 Å². The van der Waals surface area contributed by atoms with Crippen LogP contribution < -0.4 is 0 Å². The molecule has 198 valence electrons. The van der Waals surface area contributed by atoms with Crippen molar-refractivity contribution in [2.45, 2.75) is 132 Å². The topological polar surface area (TPSA) is 35.5 Å². The minimum absolute atomic E-state index is 0.0503. The van der Waals surface area contributed by atoms with E-state index in [2.05, 4.69) is 48.5 Å². The van der Waals surface area contributed by atoms with E-state index in [9.17, 15) is 4.79 Å². The first kappa shape index (κ1) is 24.7. The minimum Gasteiger partial charge on any atom is -0.462 e. The first-order valence-corrected chi connectivity index (χ1v) is 15.0. The lowest BCUT2D eigenvalue weighted by Gasteiger charge is -2.73. The lowest BCUT2D eigenvalue weighted by Crippen LogP contribution is -2.67. The maximum atomic E-state index is 11.9. The molecule has 0 aromatic carbocycles. The molecule has 1 saturated heterocycles. The van der Waals surface area contributed by atoms with Gasteiger partial charge in [0.15, 0.2) is 0 Å². The standard InChI is InChI=1S/C32H52O3/c1-20(33)35-24-12-13-29(6)22(28(24,4)5)11-14-31(8)23(29)10-9-21-25-26-27(2,3)15-17-32(25,19-34-26)18-16-30(21,31)7/h21-26H,9-19H2,1-8H3/t21-,22-,23-,24-,25-,26-,29-,30+,31-,32-/m1/s1. The van der Waals surface area contributed by atoms with E-state index in [1.165, 1.54) is 57.8 Å². The second-order valence-electron chi connectivity index (χ2n) is 16.2. The van der Waals surface area contributed by atoms with E-state index in [4.69, 9.17) is 9.47 Å². The summed E-state index contributed by atoms with van der Waals surface area (Å²) in [5, 5.41) is 0. The highest BCUT2D eigenvalue weighted by Crippen LogP contribution is 2.78. The quantitative estimate of drug-likeness (QED) is 0.356. The van der Waals surface area contributed by atoms with Gasteiger partial charge in [0.2, 0.25) is 0 Å². The van der Waals surface area contributed by atoms with Gasteiger partial charge < -0.3 is 9.47 Å². The molecule has 6 aliphatic rings. The molecule has 0 radical (unpaired) electrons. The Balaban J connectivity index is 1.35. The van der Waals surface area contributed by atoms with Gasteiger partial charge in [-0.3, -0.25) is 4.79 Å². The summed E-state index contributed by atoms with van der Waals surface area (Å²) in [6.45, 7) is 20.5. The first-order valence-electron chi connectivity index (χ1n) is 15.0. The molecule has 0 amide bonds. The summed E-state index contributed by atoms with van der Waals surface area (Å²) in [6, 6.07) is 0. The van der Waals surface area contributed by atoms with Crippen LogP contribution in [0.3, 0.4) is 0 Å². The maximum absolute atomic E-state index is 11.9. The van der Waals surface area contributed by atoms with E-state index in [0.717, 1.165) is 30.8 Å². The Morgan fingerprint density at radius 2 is 1.49 bits per heavy atom. The Morgan fingerprint density at radius 1 is 0.771 bits per heavy atom. The van der Waals surface area contributed by atoms with Gasteiger partial charge in [0.1, 0.15) is 6.10 Å². The Kier molecular flexibility index (Phi) is 5.16. The number of carbonyl (C=O) groups excluding carboxylic acids is 1. The van der Waals surface area contributed by atoms with E-state index >= 15 is 0 Å². The molecule has 1 heterocycles. The number of rotatable bonds is 1. The van der Waals surface area contributed by atoms with Gasteiger partial charge in [-0.15, -0.1) is 0 Å². The maximum Gasteiger partial charge on any atom is 0.302 e. The van der Waals surface area contributed by atoms with Crippen LogP contribution in [0.1, 0.15) is 120 Å². The van der Waals surface area contributed by atoms with Crippen molar-refractivity contribution in [1.82, 2.24) is 0 Å². The number of hydrogen-bond acceptors (Lipinski definition) is 3. The van der Waals surface area contributed by atoms with Gasteiger partial charge in [-0.2, -0.15) is 0 Å². The van der Waals surface area contributed by atoms with Crippen molar-refractivity contribution in [3.05, 3.63) is 0 Å².